The zero-order valence-corrected chi connectivity index (χ0v) is 13.0. The van der Waals surface area contributed by atoms with Crippen LogP contribution in [0.25, 0.3) is 0 Å². The maximum absolute atomic E-state index is 14.0. The van der Waals surface area contributed by atoms with Crippen LogP contribution in [0.3, 0.4) is 0 Å². The molecule has 2 atom stereocenters. The number of nitrogens with zero attached hydrogens (tertiary/aromatic N) is 1. The summed E-state index contributed by atoms with van der Waals surface area (Å²) < 4.78 is 28.1. The van der Waals surface area contributed by atoms with E-state index in [1.165, 1.54) is 24.6 Å². The minimum Gasteiger partial charge on any atom is -0.329 e. The van der Waals surface area contributed by atoms with Gasteiger partial charge in [-0.2, -0.15) is 0 Å². The second-order valence-corrected chi connectivity index (χ2v) is 6.36. The van der Waals surface area contributed by atoms with Crippen LogP contribution in [0.15, 0.2) is 18.2 Å². The molecule has 1 heterocycles. The van der Waals surface area contributed by atoms with Gasteiger partial charge >= 0.3 is 0 Å². The van der Waals surface area contributed by atoms with Gasteiger partial charge in [-0.25, -0.2) is 8.78 Å². The van der Waals surface area contributed by atoms with Crippen molar-refractivity contribution in [2.75, 3.05) is 19.6 Å². The standard InChI is InChI=1S/C17H26F2N2/c1-12(2)13-5-4-9-21(10-8-13)16(11-20)17-14(18)6-3-7-15(17)19/h3,6-7,12-13,16H,4-5,8-11,20H2,1-2H3. The summed E-state index contributed by atoms with van der Waals surface area (Å²) >= 11 is 0. The maximum atomic E-state index is 14.0. The van der Waals surface area contributed by atoms with Gasteiger partial charge in [-0.3, -0.25) is 4.90 Å². The van der Waals surface area contributed by atoms with Crippen molar-refractivity contribution in [2.45, 2.75) is 39.2 Å². The molecule has 118 valence electrons. The number of likely N-dealkylation sites (tertiary alicyclic amines) is 1. The molecule has 0 aromatic heterocycles. The van der Waals surface area contributed by atoms with Crippen LogP contribution in [0.5, 0.6) is 0 Å². The van der Waals surface area contributed by atoms with Crippen molar-refractivity contribution >= 4 is 0 Å². The first-order valence-corrected chi connectivity index (χ1v) is 7.92. The van der Waals surface area contributed by atoms with Gasteiger partial charge in [0.05, 0.1) is 6.04 Å². The van der Waals surface area contributed by atoms with Gasteiger partial charge in [0.25, 0.3) is 0 Å². The van der Waals surface area contributed by atoms with E-state index in [4.69, 9.17) is 5.73 Å². The van der Waals surface area contributed by atoms with E-state index in [2.05, 4.69) is 18.7 Å². The van der Waals surface area contributed by atoms with E-state index in [1.807, 2.05) is 0 Å². The molecule has 1 aliphatic rings. The Balaban J connectivity index is 2.18. The Kier molecular flexibility index (Phi) is 5.71. The van der Waals surface area contributed by atoms with Crippen LogP contribution >= 0.6 is 0 Å². The first-order valence-electron chi connectivity index (χ1n) is 7.92. The van der Waals surface area contributed by atoms with Gasteiger partial charge in [-0.15, -0.1) is 0 Å². The maximum Gasteiger partial charge on any atom is 0.130 e. The van der Waals surface area contributed by atoms with Gasteiger partial charge in [0.2, 0.25) is 0 Å². The molecule has 0 radical (unpaired) electrons. The van der Waals surface area contributed by atoms with Gasteiger partial charge in [-0.1, -0.05) is 19.9 Å². The van der Waals surface area contributed by atoms with Crippen LogP contribution in [0.4, 0.5) is 8.78 Å². The van der Waals surface area contributed by atoms with E-state index in [0.717, 1.165) is 25.9 Å². The Hall–Kier alpha value is -1.00. The third-order valence-corrected chi connectivity index (χ3v) is 4.75. The van der Waals surface area contributed by atoms with E-state index in [-0.39, 0.29) is 18.2 Å². The molecule has 0 saturated carbocycles. The summed E-state index contributed by atoms with van der Waals surface area (Å²) in [6, 6.07) is 3.67. The summed E-state index contributed by atoms with van der Waals surface area (Å²) in [6.07, 6.45) is 3.32. The predicted octanol–water partition coefficient (Wildman–Crippen LogP) is 3.72. The Morgan fingerprint density at radius 1 is 1.19 bits per heavy atom. The lowest BCUT2D eigenvalue weighted by Gasteiger charge is -2.30. The second kappa shape index (κ2) is 7.32. The van der Waals surface area contributed by atoms with Crippen LogP contribution in [0, 0.1) is 23.5 Å². The molecule has 0 bridgehead atoms. The molecule has 1 aliphatic heterocycles. The zero-order valence-electron chi connectivity index (χ0n) is 13.0. The number of benzene rings is 1. The normalized spacial score (nSPS) is 22.3. The molecule has 0 spiro atoms. The summed E-state index contributed by atoms with van der Waals surface area (Å²) in [6.45, 7) is 6.45. The second-order valence-electron chi connectivity index (χ2n) is 6.36. The molecule has 2 N–H and O–H groups in total. The summed E-state index contributed by atoms with van der Waals surface area (Å²) in [5, 5.41) is 0. The van der Waals surface area contributed by atoms with Gasteiger partial charge in [0.15, 0.2) is 0 Å². The molecule has 1 saturated heterocycles. The first-order chi connectivity index (χ1) is 10.0. The Bertz CT molecular complexity index is 442. The molecule has 1 aromatic rings. The van der Waals surface area contributed by atoms with Crippen molar-refractivity contribution < 1.29 is 8.78 Å². The summed E-state index contributed by atoms with van der Waals surface area (Å²) in [7, 11) is 0. The van der Waals surface area contributed by atoms with Gasteiger partial charge in [0, 0.05) is 12.1 Å². The number of rotatable bonds is 4. The number of hydrogen-bond acceptors (Lipinski definition) is 2. The van der Waals surface area contributed by atoms with Crippen molar-refractivity contribution in [2.24, 2.45) is 17.6 Å². The molecule has 2 unspecified atom stereocenters. The van der Waals surface area contributed by atoms with Crippen LogP contribution in [-0.2, 0) is 0 Å². The Morgan fingerprint density at radius 3 is 2.43 bits per heavy atom. The smallest absolute Gasteiger partial charge is 0.130 e. The molecule has 21 heavy (non-hydrogen) atoms. The first kappa shape index (κ1) is 16.4. The highest BCUT2D eigenvalue weighted by molar-refractivity contribution is 5.24. The number of nitrogens with two attached hydrogens (primary N) is 1. The van der Waals surface area contributed by atoms with Gasteiger partial charge in [-0.05, 0) is 56.3 Å². The fourth-order valence-corrected chi connectivity index (χ4v) is 3.40. The van der Waals surface area contributed by atoms with E-state index < -0.39 is 11.6 Å². The van der Waals surface area contributed by atoms with E-state index in [9.17, 15) is 8.78 Å². The van der Waals surface area contributed by atoms with Crippen LogP contribution in [-0.4, -0.2) is 24.5 Å². The van der Waals surface area contributed by atoms with Crippen molar-refractivity contribution in [3.05, 3.63) is 35.4 Å². The van der Waals surface area contributed by atoms with Crippen molar-refractivity contribution in [1.82, 2.24) is 4.90 Å². The van der Waals surface area contributed by atoms with Gasteiger partial charge in [0.1, 0.15) is 11.6 Å². The summed E-state index contributed by atoms with van der Waals surface area (Å²) in [4.78, 5) is 2.16. The molecular formula is C17H26F2N2. The molecule has 2 rings (SSSR count). The lowest BCUT2D eigenvalue weighted by molar-refractivity contribution is 0.196. The molecule has 4 heteroatoms. The molecular weight excluding hydrogens is 270 g/mol. The molecule has 1 fully saturated rings. The average Bonchev–Trinajstić information content (AvgIpc) is 2.69. The lowest BCUT2D eigenvalue weighted by atomic mass is 9.89. The summed E-state index contributed by atoms with van der Waals surface area (Å²) in [5.74, 6) is 0.371. The fraction of sp³-hybridized carbons (Fsp3) is 0.647. The molecule has 0 amide bonds. The summed E-state index contributed by atoms with van der Waals surface area (Å²) in [5.41, 5.74) is 5.97. The average molecular weight is 296 g/mol. The topological polar surface area (TPSA) is 29.3 Å². The molecule has 2 nitrogen and oxygen atoms in total. The van der Waals surface area contributed by atoms with Crippen LogP contribution < -0.4 is 5.73 Å². The highest BCUT2D eigenvalue weighted by atomic mass is 19.1. The quantitative estimate of drug-likeness (QED) is 0.917. The van der Waals surface area contributed by atoms with Crippen molar-refractivity contribution in [3.8, 4) is 0 Å². The number of hydrogen-bond donors (Lipinski definition) is 1. The monoisotopic (exact) mass is 296 g/mol. The van der Waals surface area contributed by atoms with Crippen molar-refractivity contribution in [3.63, 3.8) is 0 Å². The predicted molar refractivity (Wildman–Crippen MR) is 81.9 cm³/mol. The van der Waals surface area contributed by atoms with E-state index in [0.29, 0.717) is 11.8 Å². The highest BCUT2D eigenvalue weighted by Gasteiger charge is 2.28. The Labute approximate surface area is 126 Å². The van der Waals surface area contributed by atoms with E-state index in [1.54, 1.807) is 0 Å². The minimum atomic E-state index is -0.491. The largest absolute Gasteiger partial charge is 0.329 e. The van der Waals surface area contributed by atoms with Gasteiger partial charge < -0.3 is 5.73 Å². The molecule has 0 aliphatic carbocycles. The zero-order chi connectivity index (χ0) is 15.4. The SMILES string of the molecule is CC(C)C1CCCN(C(CN)c2c(F)cccc2F)CC1. The van der Waals surface area contributed by atoms with Crippen molar-refractivity contribution in [1.29, 1.82) is 0 Å². The minimum absolute atomic E-state index is 0.128. The molecule has 1 aromatic carbocycles. The Morgan fingerprint density at radius 2 is 1.86 bits per heavy atom. The van der Waals surface area contributed by atoms with Crippen LogP contribution in [0.2, 0.25) is 0 Å². The van der Waals surface area contributed by atoms with Crippen LogP contribution in [0.1, 0.15) is 44.7 Å². The third-order valence-electron chi connectivity index (χ3n) is 4.75. The number of halogens is 2. The van der Waals surface area contributed by atoms with E-state index >= 15 is 0 Å². The fourth-order valence-electron chi connectivity index (χ4n) is 3.40. The highest BCUT2D eigenvalue weighted by Crippen LogP contribution is 2.31. The lowest BCUT2D eigenvalue weighted by Crippen LogP contribution is -2.36. The third kappa shape index (κ3) is 3.80.